The van der Waals surface area contributed by atoms with E-state index in [1.807, 2.05) is 0 Å². The van der Waals surface area contributed by atoms with Gasteiger partial charge in [0.05, 0.1) is 22.9 Å². The van der Waals surface area contributed by atoms with Crippen molar-refractivity contribution in [1.82, 2.24) is 9.78 Å². The van der Waals surface area contributed by atoms with Gasteiger partial charge < -0.3 is 10.8 Å². The SMILES string of the molecule is CS(=O)(=O)c1cc(Cl)cc(-c2c(C(N)=O)cccc2-n2ccc(CO)n2)c1. The Kier molecular flexibility index (Phi) is 5.05. The normalized spacial score (nSPS) is 11.5. The number of amides is 1. The number of halogens is 1. The first-order valence-electron chi connectivity index (χ1n) is 7.80. The Balaban J connectivity index is 2.34. The van der Waals surface area contributed by atoms with Crippen LogP contribution < -0.4 is 5.73 Å². The summed E-state index contributed by atoms with van der Waals surface area (Å²) in [6, 6.07) is 10.8. The van der Waals surface area contributed by atoms with Crippen molar-refractivity contribution in [2.75, 3.05) is 6.26 Å². The molecule has 1 aromatic heterocycles. The van der Waals surface area contributed by atoms with Gasteiger partial charge in [0, 0.05) is 28.6 Å². The van der Waals surface area contributed by atoms with E-state index in [1.165, 1.54) is 16.8 Å². The van der Waals surface area contributed by atoms with Crippen molar-refractivity contribution in [3.8, 4) is 16.8 Å². The van der Waals surface area contributed by atoms with E-state index in [1.54, 1.807) is 36.5 Å². The van der Waals surface area contributed by atoms with Crippen molar-refractivity contribution in [2.45, 2.75) is 11.5 Å². The van der Waals surface area contributed by atoms with Crippen LogP contribution in [0.4, 0.5) is 0 Å². The summed E-state index contributed by atoms with van der Waals surface area (Å²) in [6.45, 7) is -0.243. The highest BCUT2D eigenvalue weighted by Gasteiger charge is 2.19. The van der Waals surface area contributed by atoms with Gasteiger partial charge in [-0.15, -0.1) is 0 Å². The fourth-order valence-corrected chi connectivity index (χ4v) is 3.72. The van der Waals surface area contributed by atoms with Crippen LogP contribution in [-0.2, 0) is 16.4 Å². The molecule has 2 aromatic carbocycles. The molecule has 0 aliphatic heterocycles. The predicted octanol–water partition coefficient (Wildman–Crippen LogP) is 2.19. The van der Waals surface area contributed by atoms with Gasteiger partial charge in [0.25, 0.3) is 0 Å². The molecule has 1 amide bonds. The minimum atomic E-state index is -3.52. The maximum atomic E-state index is 12.0. The Labute approximate surface area is 160 Å². The smallest absolute Gasteiger partial charge is 0.249 e. The number of nitrogens with zero attached hydrogens (tertiary/aromatic N) is 2. The molecule has 3 aromatic rings. The van der Waals surface area contributed by atoms with Gasteiger partial charge in [0.1, 0.15) is 0 Å². The minimum Gasteiger partial charge on any atom is -0.390 e. The van der Waals surface area contributed by atoms with Gasteiger partial charge in [-0.2, -0.15) is 5.10 Å². The number of benzene rings is 2. The van der Waals surface area contributed by atoms with E-state index in [0.29, 0.717) is 22.5 Å². The molecule has 0 radical (unpaired) electrons. The van der Waals surface area contributed by atoms with E-state index in [2.05, 4.69) is 5.10 Å². The second-order valence-corrected chi connectivity index (χ2v) is 8.37. The van der Waals surface area contributed by atoms with Crippen molar-refractivity contribution in [1.29, 1.82) is 0 Å². The van der Waals surface area contributed by atoms with Crippen molar-refractivity contribution in [3.63, 3.8) is 0 Å². The molecule has 0 spiro atoms. The van der Waals surface area contributed by atoms with Gasteiger partial charge in [0.2, 0.25) is 5.91 Å². The third kappa shape index (κ3) is 3.87. The number of hydrogen-bond donors (Lipinski definition) is 2. The van der Waals surface area contributed by atoms with Crippen molar-refractivity contribution < 1.29 is 18.3 Å². The van der Waals surface area contributed by atoms with E-state index in [9.17, 15) is 18.3 Å². The maximum Gasteiger partial charge on any atom is 0.249 e. The van der Waals surface area contributed by atoms with Crippen LogP contribution in [0.1, 0.15) is 16.1 Å². The molecule has 27 heavy (non-hydrogen) atoms. The molecule has 0 saturated carbocycles. The third-order valence-corrected chi connectivity index (χ3v) is 5.26. The standard InChI is InChI=1S/C18H16ClN3O4S/c1-27(25,26)14-8-11(7-12(19)9-14)17-15(18(20)24)3-2-4-16(17)22-6-5-13(10-23)21-22/h2-9,23H,10H2,1H3,(H2,20,24). The Morgan fingerprint density at radius 2 is 2.00 bits per heavy atom. The number of sulfone groups is 1. The summed E-state index contributed by atoms with van der Waals surface area (Å²) in [5.74, 6) is -0.678. The first-order valence-corrected chi connectivity index (χ1v) is 10.1. The lowest BCUT2D eigenvalue weighted by atomic mass is 9.97. The molecule has 0 aliphatic rings. The van der Waals surface area contributed by atoms with Crippen molar-refractivity contribution in [2.24, 2.45) is 5.73 Å². The second-order valence-electron chi connectivity index (χ2n) is 5.92. The molecule has 0 fully saturated rings. The quantitative estimate of drug-likeness (QED) is 0.675. The lowest BCUT2D eigenvalue weighted by Gasteiger charge is -2.15. The lowest BCUT2D eigenvalue weighted by Crippen LogP contribution is -2.14. The van der Waals surface area contributed by atoms with E-state index >= 15 is 0 Å². The number of carbonyl (C=O) groups is 1. The molecule has 3 rings (SSSR count). The number of nitrogens with two attached hydrogens (primary N) is 1. The van der Waals surface area contributed by atoms with Gasteiger partial charge in [0.15, 0.2) is 9.84 Å². The molecule has 9 heteroatoms. The average Bonchev–Trinajstić information content (AvgIpc) is 3.08. The number of hydrogen-bond acceptors (Lipinski definition) is 5. The summed E-state index contributed by atoms with van der Waals surface area (Å²) >= 11 is 6.13. The molecule has 0 aliphatic carbocycles. The van der Waals surface area contributed by atoms with Crippen LogP contribution in [0.15, 0.2) is 53.6 Å². The highest BCUT2D eigenvalue weighted by atomic mass is 35.5. The Morgan fingerprint density at radius 1 is 1.26 bits per heavy atom. The molecule has 3 N–H and O–H groups in total. The van der Waals surface area contributed by atoms with E-state index in [4.69, 9.17) is 17.3 Å². The average molecular weight is 406 g/mol. The molecule has 0 bridgehead atoms. The number of aliphatic hydroxyl groups excluding tert-OH is 1. The first-order chi connectivity index (χ1) is 12.7. The van der Waals surface area contributed by atoms with Crippen LogP contribution in [0.2, 0.25) is 5.02 Å². The number of rotatable bonds is 5. The monoisotopic (exact) mass is 405 g/mol. The molecular weight excluding hydrogens is 390 g/mol. The maximum absolute atomic E-state index is 12.0. The highest BCUT2D eigenvalue weighted by Crippen LogP contribution is 2.34. The van der Waals surface area contributed by atoms with E-state index < -0.39 is 15.7 Å². The molecule has 0 atom stereocenters. The molecule has 0 unspecified atom stereocenters. The fourth-order valence-electron chi connectivity index (χ4n) is 2.74. The first kappa shape index (κ1) is 19.1. The summed E-state index contributed by atoms with van der Waals surface area (Å²) in [4.78, 5) is 12.0. The van der Waals surface area contributed by atoms with E-state index in [-0.39, 0.29) is 22.1 Å². The summed E-state index contributed by atoms with van der Waals surface area (Å²) in [5, 5.41) is 13.7. The highest BCUT2D eigenvalue weighted by molar-refractivity contribution is 7.90. The summed E-state index contributed by atoms with van der Waals surface area (Å²) in [7, 11) is -3.52. The van der Waals surface area contributed by atoms with Crippen LogP contribution in [0.25, 0.3) is 16.8 Å². The Hall–Kier alpha value is -2.68. The zero-order chi connectivity index (χ0) is 19.8. The Bertz CT molecular complexity index is 1140. The van der Waals surface area contributed by atoms with Crippen LogP contribution in [0.5, 0.6) is 0 Å². The van der Waals surface area contributed by atoms with E-state index in [0.717, 1.165) is 6.26 Å². The molecule has 7 nitrogen and oxygen atoms in total. The number of carbonyl (C=O) groups excluding carboxylic acids is 1. The largest absolute Gasteiger partial charge is 0.390 e. The molecule has 140 valence electrons. The topological polar surface area (TPSA) is 115 Å². The summed E-state index contributed by atoms with van der Waals surface area (Å²) in [6.07, 6.45) is 2.70. The van der Waals surface area contributed by atoms with Crippen molar-refractivity contribution >= 4 is 27.3 Å². The van der Waals surface area contributed by atoms with Crippen LogP contribution in [-0.4, -0.2) is 35.5 Å². The fraction of sp³-hybridized carbons (Fsp3) is 0.111. The van der Waals surface area contributed by atoms with Gasteiger partial charge in [-0.3, -0.25) is 4.79 Å². The number of primary amides is 1. The second kappa shape index (κ2) is 7.15. The zero-order valence-corrected chi connectivity index (χ0v) is 15.8. The summed E-state index contributed by atoms with van der Waals surface area (Å²) < 4.78 is 25.5. The van der Waals surface area contributed by atoms with Crippen LogP contribution in [0, 0.1) is 0 Å². The molecule has 1 heterocycles. The molecule has 0 saturated heterocycles. The van der Waals surface area contributed by atoms with Gasteiger partial charge in [-0.1, -0.05) is 17.7 Å². The van der Waals surface area contributed by atoms with Gasteiger partial charge >= 0.3 is 0 Å². The van der Waals surface area contributed by atoms with Crippen LogP contribution >= 0.6 is 11.6 Å². The number of aliphatic hydroxyl groups is 1. The predicted molar refractivity (Wildman–Crippen MR) is 102 cm³/mol. The van der Waals surface area contributed by atoms with Gasteiger partial charge in [-0.25, -0.2) is 13.1 Å². The summed E-state index contributed by atoms with van der Waals surface area (Å²) in [5.41, 5.74) is 7.46. The van der Waals surface area contributed by atoms with Crippen molar-refractivity contribution in [3.05, 3.63) is 64.9 Å². The lowest BCUT2D eigenvalue weighted by molar-refractivity contribution is 0.100. The minimum absolute atomic E-state index is 0.0201. The zero-order valence-electron chi connectivity index (χ0n) is 14.3. The van der Waals surface area contributed by atoms with Gasteiger partial charge in [-0.05, 0) is 42.0 Å². The number of aromatic nitrogens is 2. The van der Waals surface area contributed by atoms with Crippen LogP contribution in [0.3, 0.4) is 0 Å². The Morgan fingerprint density at radius 3 is 2.59 bits per heavy atom. The molecular formula is C18H16ClN3O4S. The third-order valence-electron chi connectivity index (χ3n) is 3.95.